The second-order valence-electron chi connectivity index (χ2n) is 7.38. The van der Waals surface area contributed by atoms with Gasteiger partial charge in [0, 0.05) is 29.6 Å². The van der Waals surface area contributed by atoms with Gasteiger partial charge in [-0.2, -0.15) is 13.2 Å². The molecule has 0 spiro atoms. The Kier molecular flexibility index (Phi) is 7.21. The molecule has 0 aliphatic carbocycles. The van der Waals surface area contributed by atoms with Crippen LogP contribution in [0.4, 0.5) is 19.0 Å². The summed E-state index contributed by atoms with van der Waals surface area (Å²) in [5, 5.41) is 14.9. The molecule has 2 heterocycles. The second-order valence-corrected chi connectivity index (χ2v) is 7.38. The number of halogens is 3. The highest BCUT2D eigenvalue weighted by molar-refractivity contribution is 5.98. The van der Waals surface area contributed by atoms with E-state index in [1.165, 1.54) is 38.1 Å². The molecule has 2 aromatic heterocycles. The second kappa shape index (κ2) is 9.29. The zero-order valence-corrected chi connectivity index (χ0v) is 17.4. The molecule has 0 aromatic carbocycles. The molecule has 0 fully saturated rings. The summed E-state index contributed by atoms with van der Waals surface area (Å²) >= 11 is 0. The van der Waals surface area contributed by atoms with Gasteiger partial charge < -0.3 is 20.5 Å². The Morgan fingerprint density at radius 1 is 1.13 bits per heavy atom. The van der Waals surface area contributed by atoms with Gasteiger partial charge in [-0.3, -0.25) is 9.59 Å². The van der Waals surface area contributed by atoms with Crippen molar-refractivity contribution in [3.63, 3.8) is 0 Å². The average molecular weight is 440 g/mol. The lowest BCUT2D eigenvalue weighted by atomic mass is 10.1. The van der Waals surface area contributed by atoms with E-state index in [1.807, 2.05) is 0 Å². The van der Waals surface area contributed by atoms with E-state index in [9.17, 15) is 27.9 Å². The molecule has 2 aromatic rings. The fraction of sp³-hybridized carbons (Fsp3) is 0.400. The first-order valence-electron chi connectivity index (χ1n) is 9.21. The largest absolute Gasteiger partial charge is 0.468 e. The number of carbonyl (C=O) groups excluding carboxylic acids is 2. The Labute approximate surface area is 176 Å². The van der Waals surface area contributed by atoms with Crippen LogP contribution < -0.4 is 15.4 Å². The number of anilines is 1. The number of ether oxygens (including phenoxy) is 1. The highest BCUT2D eigenvalue weighted by Crippen LogP contribution is 2.19. The molecule has 0 radical (unpaired) electrons. The third-order valence-corrected chi connectivity index (χ3v) is 4.01. The maximum absolute atomic E-state index is 12.5. The lowest BCUT2D eigenvalue weighted by molar-refractivity contribution is -0.154. The van der Waals surface area contributed by atoms with Gasteiger partial charge in [-0.1, -0.05) is 6.07 Å². The van der Waals surface area contributed by atoms with Crippen LogP contribution in [0, 0.1) is 13.8 Å². The summed E-state index contributed by atoms with van der Waals surface area (Å²) in [6.45, 7) is 4.50. The molecule has 0 saturated carbocycles. The van der Waals surface area contributed by atoms with Crippen LogP contribution in [0.15, 0.2) is 24.3 Å². The number of hydrogen-bond acceptors (Lipinski definition) is 6. The summed E-state index contributed by atoms with van der Waals surface area (Å²) in [7, 11) is 0. The number of aromatic nitrogens is 2. The van der Waals surface area contributed by atoms with Crippen LogP contribution >= 0.6 is 0 Å². The number of alkyl halides is 3. The molecular formula is C20H23F3N4O4. The van der Waals surface area contributed by atoms with Crippen molar-refractivity contribution in [2.45, 2.75) is 46.0 Å². The standard InChI is InChI=1S/C20H23F3N4O4/c1-11-7-14(8-15(25-11)27-18(29)19(3,4)30)17(28)24-9-13-5-6-16(26-12(13)2)31-10-20(21,22)23/h5-8,30H,9-10H2,1-4H3,(H,24,28)(H,25,27,29). The van der Waals surface area contributed by atoms with Gasteiger partial charge in [0.05, 0.1) is 0 Å². The minimum absolute atomic E-state index is 0.0734. The summed E-state index contributed by atoms with van der Waals surface area (Å²) < 4.78 is 41.3. The lowest BCUT2D eigenvalue weighted by Gasteiger charge is -2.17. The van der Waals surface area contributed by atoms with Crippen LogP contribution in [0.1, 0.15) is 41.2 Å². The van der Waals surface area contributed by atoms with E-state index >= 15 is 0 Å². The van der Waals surface area contributed by atoms with Gasteiger partial charge in [-0.15, -0.1) is 0 Å². The molecule has 31 heavy (non-hydrogen) atoms. The summed E-state index contributed by atoms with van der Waals surface area (Å²) in [5.74, 6) is -1.18. The summed E-state index contributed by atoms with van der Waals surface area (Å²) in [6.07, 6.45) is -4.46. The number of aliphatic hydroxyl groups is 1. The predicted octanol–water partition coefficient (Wildman–Crippen LogP) is 2.67. The Balaban J connectivity index is 2.05. The van der Waals surface area contributed by atoms with Crippen molar-refractivity contribution in [3.05, 3.63) is 46.8 Å². The van der Waals surface area contributed by atoms with Crippen molar-refractivity contribution in [1.29, 1.82) is 0 Å². The molecule has 3 N–H and O–H groups in total. The van der Waals surface area contributed by atoms with Gasteiger partial charge in [0.15, 0.2) is 6.61 Å². The van der Waals surface area contributed by atoms with Crippen LogP contribution in [-0.4, -0.2) is 45.3 Å². The molecule has 0 aliphatic rings. The van der Waals surface area contributed by atoms with Crippen molar-refractivity contribution in [1.82, 2.24) is 15.3 Å². The van der Waals surface area contributed by atoms with Gasteiger partial charge in [-0.05, 0) is 45.4 Å². The maximum Gasteiger partial charge on any atom is 0.422 e. The summed E-state index contributed by atoms with van der Waals surface area (Å²) in [4.78, 5) is 32.5. The Morgan fingerprint density at radius 3 is 2.39 bits per heavy atom. The van der Waals surface area contributed by atoms with E-state index in [-0.39, 0.29) is 23.8 Å². The fourth-order valence-electron chi connectivity index (χ4n) is 2.40. The van der Waals surface area contributed by atoms with Crippen LogP contribution in [0.2, 0.25) is 0 Å². The van der Waals surface area contributed by atoms with Crippen molar-refractivity contribution in [2.24, 2.45) is 0 Å². The summed E-state index contributed by atoms with van der Waals surface area (Å²) in [5.41, 5.74) is 0.0870. The van der Waals surface area contributed by atoms with Gasteiger partial charge >= 0.3 is 6.18 Å². The highest BCUT2D eigenvalue weighted by atomic mass is 19.4. The van der Waals surface area contributed by atoms with Crippen LogP contribution in [0.3, 0.4) is 0 Å². The summed E-state index contributed by atoms with van der Waals surface area (Å²) in [6, 6.07) is 5.70. The quantitative estimate of drug-likeness (QED) is 0.610. The molecule has 2 amide bonds. The van der Waals surface area contributed by atoms with Crippen LogP contribution in [0.5, 0.6) is 5.88 Å². The number of carbonyl (C=O) groups is 2. The average Bonchev–Trinajstić information content (AvgIpc) is 2.63. The number of hydrogen-bond donors (Lipinski definition) is 3. The van der Waals surface area contributed by atoms with Crippen molar-refractivity contribution >= 4 is 17.6 Å². The SMILES string of the molecule is Cc1cc(C(=O)NCc2ccc(OCC(F)(F)F)nc2C)cc(NC(=O)C(C)(C)O)n1. The maximum atomic E-state index is 12.5. The minimum atomic E-state index is -4.46. The molecule has 0 unspecified atom stereocenters. The van der Waals surface area contributed by atoms with Crippen LogP contribution in [-0.2, 0) is 11.3 Å². The Bertz CT molecular complexity index is 972. The highest BCUT2D eigenvalue weighted by Gasteiger charge is 2.28. The van der Waals surface area contributed by atoms with E-state index in [1.54, 1.807) is 13.8 Å². The number of aryl methyl sites for hydroxylation is 2. The molecule has 11 heteroatoms. The third kappa shape index (κ3) is 7.52. The molecule has 0 aliphatic heterocycles. The lowest BCUT2D eigenvalue weighted by Crippen LogP contribution is -2.37. The zero-order chi connectivity index (χ0) is 23.4. The smallest absolute Gasteiger partial charge is 0.422 e. The molecule has 168 valence electrons. The molecule has 0 bridgehead atoms. The molecular weight excluding hydrogens is 417 g/mol. The van der Waals surface area contributed by atoms with Gasteiger partial charge in [-0.25, -0.2) is 9.97 Å². The first-order valence-corrected chi connectivity index (χ1v) is 9.21. The number of nitrogens with zero attached hydrogens (tertiary/aromatic N) is 2. The molecule has 0 saturated heterocycles. The van der Waals surface area contributed by atoms with E-state index in [0.29, 0.717) is 17.0 Å². The zero-order valence-electron chi connectivity index (χ0n) is 17.4. The number of pyridine rings is 2. The normalized spacial score (nSPS) is 11.7. The van der Waals surface area contributed by atoms with Crippen molar-refractivity contribution in [3.8, 4) is 5.88 Å². The monoisotopic (exact) mass is 440 g/mol. The molecule has 8 nitrogen and oxygen atoms in total. The van der Waals surface area contributed by atoms with Crippen LogP contribution in [0.25, 0.3) is 0 Å². The minimum Gasteiger partial charge on any atom is -0.468 e. The van der Waals surface area contributed by atoms with Gasteiger partial charge in [0.2, 0.25) is 5.88 Å². The first-order chi connectivity index (χ1) is 14.2. The van der Waals surface area contributed by atoms with Gasteiger partial charge in [0.1, 0.15) is 11.4 Å². The van der Waals surface area contributed by atoms with E-state index in [0.717, 1.165) is 0 Å². The van der Waals surface area contributed by atoms with E-state index in [2.05, 4.69) is 25.3 Å². The molecule has 2 rings (SSSR count). The van der Waals surface area contributed by atoms with Crippen molar-refractivity contribution in [2.75, 3.05) is 11.9 Å². The number of nitrogens with one attached hydrogen (secondary N) is 2. The number of amides is 2. The predicted molar refractivity (Wildman–Crippen MR) is 106 cm³/mol. The fourth-order valence-corrected chi connectivity index (χ4v) is 2.40. The number of rotatable bonds is 7. The Morgan fingerprint density at radius 2 is 1.81 bits per heavy atom. The molecule has 0 atom stereocenters. The van der Waals surface area contributed by atoms with Gasteiger partial charge in [0.25, 0.3) is 11.8 Å². The van der Waals surface area contributed by atoms with E-state index < -0.39 is 30.2 Å². The first kappa shape index (κ1) is 24.1. The third-order valence-electron chi connectivity index (χ3n) is 4.01. The van der Waals surface area contributed by atoms with E-state index in [4.69, 9.17) is 0 Å². The van der Waals surface area contributed by atoms with Crippen molar-refractivity contribution < 1.29 is 32.6 Å². The topological polar surface area (TPSA) is 113 Å². The Hall–Kier alpha value is -3.21.